The van der Waals surface area contributed by atoms with Crippen LogP contribution in [0, 0.1) is 0 Å². The van der Waals surface area contributed by atoms with E-state index >= 15 is 0 Å². The normalized spacial score (nSPS) is 6.92. The average molecular weight is 252 g/mol. The first kappa shape index (κ1) is 23.1. The summed E-state index contributed by atoms with van der Waals surface area (Å²) < 4.78 is 0. The molecule has 13 heavy (non-hydrogen) atoms. The van der Waals surface area contributed by atoms with Crippen molar-refractivity contribution in [3.05, 3.63) is 12.2 Å². The summed E-state index contributed by atoms with van der Waals surface area (Å²) >= 11 is 0. The number of halogens is 3. The van der Waals surface area contributed by atoms with Crippen molar-refractivity contribution < 1.29 is 4.79 Å². The van der Waals surface area contributed by atoms with Crippen LogP contribution in [-0.2, 0) is 4.79 Å². The molecule has 0 unspecified atom stereocenters. The first-order chi connectivity index (χ1) is 4.68. The molecule has 0 aromatic heterocycles. The molecule has 0 spiro atoms. The monoisotopic (exact) mass is 250 g/mol. The molecule has 0 aromatic carbocycles. The van der Waals surface area contributed by atoms with E-state index in [-0.39, 0.29) is 43.1 Å². The standard InChI is InChI=1S/C7H14N2O.3ClH/c1-6(2)7(10)9-5-3-4-8;;;/h1,3-5,8H2,2H3,(H,9,10);3*1H. The predicted molar refractivity (Wildman–Crippen MR) is 63.2 cm³/mol. The molecular weight excluding hydrogens is 234 g/mol. The Kier molecular flexibility index (Phi) is 25.9. The Morgan fingerprint density at radius 3 is 2.15 bits per heavy atom. The van der Waals surface area contributed by atoms with Crippen LogP contribution in [0.2, 0.25) is 0 Å². The van der Waals surface area contributed by atoms with Crippen LogP contribution in [0.15, 0.2) is 12.2 Å². The third kappa shape index (κ3) is 14.9. The summed E-state index contributed by atoms with van der Waals surface area (Å²) in [6, 6.07) is 0. The van der Waals surface area contributed by atoms with Crippen molar-refractivity contribution in [2.45, 2.75) is 13.3 Å². The lowest BCUT2D eigenvalue weighted by molar-refractivity contribution is -0.117. The second kappa shape index (κ2) is 14.6. The number of carbonyl (C=O) groups excluding carboxylic acids is 1. The largest absolute Gasteiger partial charge is 0.352 e. The highest BCUT2D eigenvalue weighted by atomic mass is 35.5. The molecule has 0 saturated carbocycles. The Hall–Kier alpha value is 0.0400. The first-order valence-electron chi connectivity index (χ1n) is 3.32. The van der Waals surface area contributed by atoms with E-state index in [1.54, 1.807) is 6.92 Å². The topological polar surface area (TPSA) is 55.1 Å². The molecule has 82 valence electrons. The van der Waals surface area contributed by atoms with Gasteiger partial charge in [0.25, 0.3) is 0 Å². The van der Waals surface area contributed by atoms with E-state index < -0.39 is 0 Å². The predicted octanol–water partition coefficient (Wildman–Crippen LogP) is 1.29. The van der Waals surface area contributed by atoms with Gasteiger partial charge in [0.15, 0.2) is 0 Å². The summed E-state index contributed by atoms with van der Waals surface area (Å²) in [5.74, 6) is -0.0894. The molecule has 0 aliphatic carbocycles. The molecule has 0 fully saturated rings. The molecule has 6 heteroatoms. The van der Waals surface area contributed by atoms with E-state index in [4.69, 9.17) is 5.73 Å². The molecule has 0 aromatic rings. The fraction of sp³-hybridized carbons (Fsp3) is 0.571. The molecule has 3 N–H and O–H groups in total. The van der Waals surface area contributed by atoms with E-state index in [1.807, 2.05) is 0 Å². The van der Waals surface area contributed by atoms with E-state index in [0.29, 0.717) is 18.7 Å². The van der Waals surface area contributed by atoms with Crippen LogP contribution in [0.5, 0.6) is 0 Å². The summed E-state index contributed by atoms with van der Waals surface area (Å²) in [5.41, 5.74) is 5.76. The van der Waals surface area contributed by atoms with Gasteiger partial charge < -0.3 is 11.1 Å². The molecular formula is C7H17Cl3N2O. The van der Waals surface area contributed by atoms with Gasteiger partial charge in [-0.1, -0.05) is 6.58 Å². The smallest absolute Gasteiger partial charge is 0.246 e. The van der Waals surface area contributed by atoms with Crippen molar-refractivity contribution in [3.8, 4) is 0 Å². The molecule has 0 atom stereocenters. The number of carbonyl (C=O) groups is 1. The molecule has 0 saturated heterocycles. The maximum absolute atomic E-state index is 10.8. The van der Waals surface area contributed by atoms with E-state index in [2.05, 4.69) is 11.9 Å². The SMILES string of the molecule is C=C(C)C(=O)NCCCN.Cl.Cl.Cl. The van der Waals surface area contributed by atoms with Crippen LogP contribution in [-0.4, -0.2) is 19.0 Å². The van der Waals surface area contributed by atoms with Gasteiger partial charge >= 0.3 is 0 Å². The van der Waals surface area contributed by atoms with Gasteiger partial charge in [-0.15, -0.1) is 37.2 Å². The van der Waals surface area contributed by atoms with Crippen molar-refractivity contribution in [2.24, 2.45) is 5.73 Å². The highest BCUT2D eigenvalue weighted by Crippen LogP contribution is 1.84. The second-order valence-corrected chi connectivity index (χ2v) is 2.18. The number of nitrogens with one attached hydrogen (secondary N) is 1. The summed E-state index contributed by atoms with van der Waals surface area (Å²) in [6.07, 6.45) is 0.818. The molecule has 0 aliphatic rings. The Balaban J connectivity index is -0.000000135. The van der Waals surface area contributed by atoms with Crippen LogP contribution < -0.4 is 11.1 Å². The van der Waals surface area contributed by atoms with Crippen LogP contribution in [0.3, 0.4) is 0 Å². The summed E-state index contributed by atoms with van der Waals surface area (Å²) in [4.78, 5) is 10.8. The zero-order chi connectivity index (χ0) is 7.98. The molecule has 0 radical (unpaired) electrons. The van der Waals surface area contributed by atoms with Gasteiger partial charge in [-0.3, -0.25) is 4.79 Å². The highest BCUT2D eigenvalue weighted by molar-refractivity contribution is 5.92. The number of amides is 1. The third-order valence-corrected chi connectivity index (χ3v) is 1.05. The Bertz CT molecular complexity index is 142. The fourth-order valence-corrected chi connectivity index (χ4v) is 0.455. The maximum Gasteiger partial charge on any atom is 0.246 e. The zero-order valence-electron chi connectivity index (χ0n) is 7.54. The van der Waals surface area contributed by atoms with E-state index in [9.17, 15) is 4.79 Å². The van der Waals surface area contributed by atoms with Gasteiger partial charge in [0.2, 0.25) is 5.91 Å². The second-order valence-electron chi connectivity index (χ2n) is 2.18. The van der Waals surface area contributed by atoms with Crippen LogP contribution in [0.25, 0.3) is 0 Å². The lowest BCUT2D eigenvalue weighted by Crippen LogP contribution is -2.26. The Morgan fingerprint density at radius 2 is 1.85 bits per heavy atom. The van der Waals surface area contributed by atoms with Crippen molar-refractivity contribution in [2.75, 3.05) is 13.1 Å². The molecule has 0 bridgehead atoms. The van der Waals surface area contributed by atoms with Crippen molar-refractivity contribution in [3.63, 3.8) is 0 Å². The Labute approximate surface area is 97.7 Å². The average Bonchev–Trinajstić information content (AvgIpc) is 1.88. The number of nitrogens with two attached hydrogens (primary N) is 1. The molecule has 0 heterocycles. The molecule has 3 nitrogen and oxygen atoms in total. The van der Waals surface area contributed by atoms with Gasteiger partial charge in [0.1, 0.15) is 0 Å². The lowest BCUT2D eigenvalue weighted by atomic mass is 10.3. The van der Waals surface area contributed by atoms with Crippen molar-refractivity contribution >= 4 is 43.1 Å². The first-order valence-corrected chi connectivity index (χ1v) is 3.32. The van der Waals surface area contributed by atoms with Gasteiger partial charge in [-0.05, 0) is 19.9 Å². The summed E-state index contributed by atoms with van der Waals surface area (Å²) in [6.45, 7) is 6.42. The fourth-order valence-electron chi connectivity index (χ4n) is 0.455. The summed E-state index contributed by atoms with van der Waals surface area (Å²) in [7, 11) is 0. The number of rotatable bonds is 4. The molecule has 0 rings (SSSR count). The minimum atomic E-state index is -0.0894. The van der Waals surface area contributed by atoms with Crippen LogP contribution in [0.1, 0.15) is 13.3 Å². The molecule has 1 amide bonds. The number of hydrogen-bond acceptors (Lipinski definition) is 2. The third-order valence-electron chi connectivity index (χ3n) is 1.05. The van der Waals surface area contributed by atoms with E-state index in [1.165, 1.54) is 0 Å². The van der Waals surface area contributed by atoms with Gasteiger partial charge in [0.05, 0.1) is 0 Å². The van der Waals surface area contributed by atoms with Crippen LogP contribution >= 0.6 is 37.2 Å². The van der Waals surface area contributed by atoms with Crippen molar-refractivity contribution in [1.29, 1.82) is 0 Å². The number of hydrogen-bond donors (Lipinski definition) is 2. The highest BCUT2D eigenvalue weighted by Gasteiger charge is 1.97. The summed E-state index contributed by atoms with van der Waals surface area (Å²) in [5, 5.41) is 2.66. The van der Waals surface area contributed by atoms with Crippen molar-refractivity contribution in [1.82, 2.24) is 5.32 Å². The Morgan fingerprint density at radius 1 is 1.38 bits per heavy atom. The van der Waals surface area contributed by atoms with Crippen LogP contribution in [0.4, 0.5) is 0 Å². The quantitative estimate of drug-likeness (QED) is 0.584. The zero-order valence-corrected chi connectivity index (χ0v) is 9.99. The van der Waals surface area contributed by atoms with Gasteiger partial charge in [0, 0.05) is 12.1 Å². The molecule has 0 aliphatic heterocycles. The minimum Gasteiger partial charge on any atom is -0.352 e. The lowest BCUT2D eigenvalue weighted by Gasteiger charge is -2.01. The van der Waals surface area contributed by atoms with Gasteiger partial charge in [-0.2, -0.15) is 0 Å². The van der Waals surface area contributed by atoms with E-state index in [0.717, 1.165) is 6.42 Å². The van der Waals surface area contributed by atoms with Gasteiger partial charge in [-0.25, -0.2) is 0 Å². The maximum atomic E-state index is 10.8. The minimum absolute atomic E-state index is 0.